The number of anilines is 1. The topological polar surface area (TPSA) is 84.7 Å². The van der Waals surface area contributed by atoms with E-state index in [-0.39, 0.29) is 11.8 Å². The smallest absolute Gasteiger partial charge is 0.228 e. The van der Waals surface area contributed by atoms with Gasteiger partial charge in [-0.15, -0.1) is 0 Å². The van der Waals surface area contributed by atoms with Crippen molar-refractivity contribution in [3.05, 3.63) is 36.4 Å². The van der Waals surface area contributed by atoms with Crippen LogP contribution in [-0.2, 0) is 18.3 Å². The zero-order chi connectivity index (χ0) is 20.4. The Hall–Kier alpha value is -2.80. The number of aromatic nitrogens is 4. The van der Waals surface area contributed by atoms with E-state index >= 15 is 0 Å². The third-order valence-corrected chi connectivity index (χ3v) is 5.36. The summed E-state index contributed by atoms with van der Waals surface area (Å²) in [6.45, 7) is 6.16. The molecular weight excluding hydrogens is 364 g/mol. The summed E-state index contributed by atoms with van der Waals surface area (Å²) in [5.41, 5.74) is 4.03. The van der Waals surface area contributed by atoms with Crippen LogP contribution in [0.4, 0.5) is 5.82 Å². The average Bonchev–Trinajstić information content (AvgIpc) is 3.14. The molecule has 7 heteroatoms. The highest BCUT2D eigenvalue weighted by molar-refractivity contribution is 5.94. The van der Waals surface area contributed by atoms with E-state index in [0.717, 1.165) is 60.1 Å². The van der Waals surface area contributed by atoms with Gasteiger partial charge in [-0.25, -0.2) is 4.98 Å². The molecule has 0 unspecified atom stereocenters. The molecule has 1 amide bonds. The number of amides is 1. The maximum atomic E-state index is 12.6. The molecule has 1 saturated heterocycles. The molecule has 0 saturated carbocycles. The number of nitrogens with zero attached hydrogens (tertiary/aromatic N) is 4. The third-order valence-electron chi connectivity index (χ3n) is 5.36. The van der Waals surface area contributed by atoms with Crippen LogP contribution in [0.1, 0.15) is 32.4 Å². The van der Waals surface area contributed by atoms with E-state index in [2.05, 4.69) is 40.6 Å². The number of nitrogens with one attached hydrogen (secondary N) is 2. The summed E-state index contributed by atoms with van der Waals surface area (Å²) < 4.78 is 1.80. The zero-order valence-electron chi connectivity index (χ0n) is 17.3. The molecule has 7 nitrogen and oxygen atoms in total. The molecule has 0 aliphatic carbocycles. The SMILES string of the molecule is CC(C)Cc1nc2cnc(NC(=O)C3CCNCC3)cc2cc1-c1cnn(C)c1. The maximum absolute atomic E-state index is 12.6. The van der Waals surface area contributed by atoms with Crippen LogP contribution in [0.5, 0.6) is 0 Å². The zero-order valence-corrected chi connectivity index (χ0v) is 17.3. The Morgan fingerprint density at radius 2 is 2.07 bits per heavy atom. The van der Waals surface area contributed by atoms with Gasteiger partial charge in [0.2, 0.25) is 5.91 Å². The number of rotatable bonds is 5. The number of fused-ring (bicyclic) bond motifs is 1. The molecule has 2 N–H and O–H groups in total. The molecule has 0 spiro atoms. The molecule has 1 aliphatic heterocycles. The second-order valence-corrected chi connectivity index (χ2v) is 8.26. The molecule has 0 radical (unpaired) electrons. The van der Waals surface area contributed by atoms with Gasteiger partial charge in [-0.2, -0.15) is 5.10 Å². The van der Waals surface area contributed by atoms with Crippen LogP contribution < -0.4 is 10.6 Å². The van der Waals surface area contributed by atoms with Crippen LogP contribution >= 0.6 is 0 Å². The van der Waals surface area contributed by atoms with Gasteiger partial charge >= 0.3 is 0 Å². The van der Waals surface area contributed by atoms with E-state index in [0.29, 0.717) is 11.7 Å². The Labute approximate surface area is 170 Å². The lowest BCUT2D eigenvalue weighted by molar-refractivity contribution is -0.120. The molecule has 3 aromatic heterocycles. The highest BCUT2D eigenvalue weighted by atomic mass is 16.1. The van der Waals surface area contributed by atoms with E-state index in [4.69, 9.17) is 4.98 Å². The first-order valence-electron chi connectivity index (χ1n) is 10.3. The summed E-state index contributed by atoms with van der Waals surface area (Å²) in [4.78, 5) is 21.9. The number of hydrogen-bond acceptors (Lipinski definition) is 5. The van der Waals surface area contributed by atoms with Crippen molar-refractivity contribution in [2.45, 2.75) is 33.1 Å². The maximum Gasteiger partial charge on any atom is 0.228 e. The third kappa shape index (κ3) is 4.45. The van der Waals surface area contributed by atoms with E-state index < -0.39 is 0 Å². The largest absolute Gasteiger partial charge is 0.317 e. The van der Waals surface area contributed by atoms with Crippen LogP contribution in [0, 0.1) is 11.8 Å². The number of piperidine rings is 1. The average molecular weight is 393 g/mol. The van der Waals surface area contributed by atoms with Gasteiger partial charge in [0.15, 0.2) is 0 Å². The lowest BCUT2D eigenvalue weighted by atomic mass is 9.97. The van der Waals surface area contributed by atoms with Crippen molar-refractivity contribution < 1.29 is 4.79 Å². The summed E-state index contributed by atoms with van der Waals surface area (Å²) in [5, 5.41) is 11.6. The van der Waals surface area contributed by atoms with E-state index in [1.54, 1.807) is 10.9 Å². The van der Waals surface area contributed by atoms with Crippen molar-refractivity contribution in [3.8, 4) is 11.1 Å². The molecular formula is C22H28N6O. The fourth-order valence-corrected chi connectivity index (χ4v) is 3.85. The van der Waals surface area contributed by atoms with E-state index in [1.807, 2.05) is 25.5 Å². The fraction of sp³-hybridized carbons (Fsp3) is 0.455. The Morgan fingerprint density at radius 1 is 1.28 bits per heavy atom. The minimum absolute atomic E-state index is 0.0474. The minimum Gasteiger partial charge on any atom is -0.317 e. The Morgan fingerprint density at radius 3 is 2.76 bits per heavy atom. The highest BCUT2D eigenvalue weighted by Crippen LogP contribution is 2.29. The second-order valence-electron chi connectivity index (χ2n) is 8.26. The van der Waals surface area contributed by atoms with Crippen LogP contribution in [-0.4, -0.2) is 38.7 Å². The normalized spacial score (nSPS) is 15.2. The molecule has 29 heavy (non-hydrogen) atoms. The Kier molecular flexibility index (Phi) is 5.58. The van der Waals surface area contributed by atoms with Gasteiger partial charge in [-0.3, -0.25) is 14.5 Å². The quantitative estimate of drug-likeness (QED) is 0.697. The summed E-state index contributed by atoms with van der Waals surface area (Å²) in [6.07, 6.45) is 8.25. The highest BCUT2D eigenvalue weighted by Gasteiger charge is 2.21. The van der Waals surface area contributed by atoms with Gasteiger partial charge in [0.05, 0.1) is 17.9 Å². The van der Waals surface area contributed by atoms with Crippen molar-refractivity contribution in [1.29, 1.82) is 0 Å². The van der Waals surface area contributed by atoms with Crippen molar-refractivity contribution in [2.75, 3.05) is 18.4 Å². The first-order valence-corrected chi connectivity index (χ1v) is 10.3. The molecule has 4 heterocycles. The summed E-state index contributed by atoms with van der Waals surface area (Å²) in [7, 11) is 1.92. The Balaban J connectivity index is 1.67. The van der Waals surface area contributed by atoms with Crippen LogP contribution in [0.15, 0.2) is 30.7 Å². The number of carbonyl (C=O) groups excluding carboxylic acids is 1. The number of aryl methyl sites for hydroxylation is 1. The van der Waals surface area contributed by atoms with Gasteiger partial charge in [-0.05, 0) is 50.4 Å². The number of carbonyl (C=O) groups is 1. The van der Waals surface area contributed by atoms with Crippen molar-refractivity contribution >= 4 is 22.6 Å². The van der Waals surface area contributed by atoms with Crippen molar-refractivity contribution in [1.82, 2.24) is 25.1 Å². The monoisotopic (exact) mass is 392 g/mol. The number of pyridine rings is 2. The first-order chi connectivity index (χ1) is 14.0. The molecule has 1 fully saturated rings. The van der Waals surface area contributed by atoms with Gasteiger partial charge in [0, 0.05) is 41.4 Å². The predicted octanol–water partition coefficient (Wildman–Crippen LogP) is 3.17. The molecule has 1 aliphatic rings. The molecule has 0 bridgehead atoms. The lowest BCUT2D eigenvalue weighted by Gasteiger charge is -2.21. The van der Waals surface area contributed by atoms with Gasteiger partial charge in [0.1, 0.15) is 5.82 Å². The van der Waals surface area contributed by atoms with Gasteiger partial charge in [-0.1, -0.05) is 13.8 Å². The fourth-order valence-electron chi connectivity index (χ4n) is 3.85. The van der Waals surface area contributed by atoms with Gasteiger partial charge < -0.3 is 10.6 Å². The van der Waals surface area contributed by atoms with E-state index in [1.165, 1.54) is 0 Å². The first kappa shape index (κ1) is 19.5. The number of hydrogen-bond donors (Lipinski definition) is 2. The van der Waals surface area contributed by atoms with Crippen LogP contribution in [0.2, 0.25) is 0 Å². The van der Waals surface area contributed by atoms with E-state index in [9.17, 15) is 4.79 Å². The summed E-state index contributed by atoms with van der Waals surface area (Å²) >= 11 is 0. The van der Waals surface area contributed by atoms with Crippen molar-refractivity contribution in [2.24, 2.45) is 18.9 Å². The standard InChI is InChI=1S/C22H28N6O/c1-14(2)8-19-18(17-11-25-28(3)13-17)9-16-10-21(24-12-20(16)26-19)27-22(29)15-4-6-23-7-5-15/h9-15,23H,4-8H2,1-3H3,(H,24,27,29). The molecule has 4 rings (SSSR count). The Bertz CT molecular complexity index is 1020. The molecule has 152 valence electrons. The second kappa shape index (κ2) is 8.29. The predicted molar refractivity (Wildman–Crippen MR) is 115 cm³/mol. The van der Waals surface area contributed by atoms with Crippen LogP contribution in [0.25, 0.3) is 22.0 Å². The molecule has 0 aromatic carbocycles. The van der Waals surface area contributed by atoms with Gasteiger partial charge in [0.25, 0.3) is 0 Å². The molecule has 3 aromatic rings. The van der Waals surface area contributed by atoms with Crippen molar-refractivity contribution in [3.63, 3.8) is 0 Å². The molecule has 0 atom stereocenters. The van der Waals surface area contributed by atoms with Crippen LogP contribution in [0.3, 0.4) is 0 Å². The lowest BCUT2D eigenvalue weighted by Crippen LogP contribution is -2.34. The minimum atomic E-state index is 0.0474. The summed E-state index contributed by atoms with van der Waals surface area (Å²) in [5.74, 6) is 1.17. The summed E-state index contributed by atoms with van der Waals surface area (Å²) in [6, 6.07) is 4.05.